The third-order valence-electron chi connectivity index (χ3n) is 4.32. The molecule has 1 amide bonds. The monoisotopic (exact) mass is 341 g/mol. The topological polar surface area (TPSA) is 56.4 Å². The van der Waals surface area contributed by atoms with E-state index in [0.29, 0.717) is 24.3 Å². The van der Waals surface area contributed by atoms with Crippen LogP contribution in [0.4, 0.5) is 0 Å². The molecule has 1 N–H and O–H groups in total. The molecule has 0 fully saturated rings. The number of H-pyrrole nitrogens is 1. The Morgan fingerprint density at radius 1 is 1.04 bits per heavy atom. The van der Waals surface area contributed by atoms with Crippen LogP contribution in [0.3, 0.4) is 0 Å². The molecule has 0 bridgehead atoms. The van der Waals surface area contributed by atoms with E-state index in [1.54, 1.807) is 0 Å². The quantitative estimate of drug-likeness (QED) is 0.788. The van der Waals surface area contributed by atoms with Crippen molar-refractivity contribution in [3.63, 3.8) is 0 Å². The molecule has 1 aromatic heterocycles. The predicted molar refractivity (Wildman–Crippen MR) is 100 cm³/mol. The van der Waals surface area contributed by atoms with Crippen molar-refractivity contribution in [2.45, 2.75) is 27.3 Å². The van der Waals surface area contributed by atoms with Crippen molar-refractivity contribution in [1.29, 1.82) is 0 Å². The number of ketones is 1. The normalized spacial score (nSPS) is 11.0. The number of hydrogen-bond donors (Lipinski definition) is 1. The maximum Gasteiger partial charge on any atom is 0.270 e. The van der Waals surface area contributed by atoms with Crippen LogP contribution in [0.1, 0.15) is 44.6 Å². The fraction of sp³-hybridized carbons (Fsp3) is 0.400. The summed E-state index contributed by atoms with van der Waals surface area (Å²) in [6.07, 6.45) is 0. The lowest BCUT2D eigenvalue weighted by atomic mass is 10.1. The maximum absolute atomic E-state index is 13.1. The Kier molecular flexibility index (Phi) is 6.15. The van der Waals surface area contributed by atoms with E-state index >= 15 is 0 Å². The number of Topliss-reactive ketones (excluding diaryl/α,β-unsaturated/α-hetero) is 1. The van der Waals surface area contributed by atoms with E-state index in [-0.39, 0.29) is 11.7 Å². The van der Waals surface area contributed by atoms with E-state index < -0.39 is 0 Å². The standard InChI is InChI=1S/C20H27N3O2/c1-14-18(16(3)24)15(2)21-19(14)20(25)23(12-11-22(4)5)13-17-9-7-6-8-10-17/h6-10,21H,11-13H2,1-5H3. The molecule has 0 spiro atoms. The first-order valence-electron chi connectivity index (χ1n) is 8.49. The highest BCUT2D eigenvalue weighted by molar-refractivity contribution is 6.02. The zero-order valence-electron chi connectivity index (χ0n) is 15.7. The van der Waals surface area contributed by atoms with Gasteiger partial charge in [-0.25, -0.2) is 0 Å². The van der Waals surface area contributed by atoms with Crippen molar-refractivity contribution in [3.8, 4) is 0 Å². The Balaban J connectivity index is 2.31. The van der Waals surface area contributed by atoms with Crippen LogP contribution in [0.5, 0.6) is 0 Å². The van der Waals surface area contributed by atoms with Gasteiger partial charge < -0.3 is 14.8 Å². The maximum atomic E-state index is 13.1. The number of carbonyl (C=O) groups excluding carboxylic acids is 2. The molecule has 2 aromatic rings. The molecule has 0 aliphatic rings. The molecular formula is C20H27N3O2. The number of hydrogen-bond acceptors (Lipinski definition) is 3. The third kappa shape index (κ3) is 4.57. The summed E-state index contributed by atoms with van der Waals surface area (Å²) in [5.41, 5.74) is 3.70. The van der Waals surface area contributed by atoms with Gasteiger partial charge in [0.1, 0.15) is 5.69 Å². The van der Waals surface area contributed by atoms with Gasteiger partial charge in [-0.1, -0.05) is 30.3 Å². The number of aromatic nitrogens is 1. The summed E-state index contributed by atoms with van der Waals surface area (Å²) >= 11 is 0. The van der Waals surface area contributed by atoms with Crippen LogP contribution in [-0.4, -0.2) is 53.7 Å². The van der Waals surface area contributed by atoms with Crippen LogP contribution in [0, 0.1) is 13.8 Å². The zero-order chi connectivity index (χ0) is 18.6. The van der Waals surface area contributed by atoms with Crippen LogP contribution in [-0.2, 0) is 6.54 Å². The highest BCUT2D eigenvalue weighted by atomic mass is 16.2. The van der Waals surface area contributed by atoms with Gasteiger partial charge >= 0.3 is 0 Å². The van der Waals surface area contributed by atoms with Gasteiger partial charge in [-0.2, -0.15) is 0 Å². The summed E-state index contributed by atoms with van der Waals surface area (Å²) in [5.74, 6) is -0.0907. The molecule has 0 unspecified atom stereocenters. The fourth-order valence-corrected chi connectivity index (χ4v) is 3.03. The highest BCUT2D eigenvalue weighted by Crippen LogP contribution is 2.20. The molecule has 1 aromatic carbocycles. The zero-order valence-corrected chi connectivity index (χ0v) is 15.7. The number of nitrogens with zero attached hydrogens (tertiary/aromatic N) is 2. The molecule has 134 valence electrons. The van der Waals surface area contributed by atoms with Gasteiger partial charge in [0.2, 0.25) is 0 Å². The van der Waals surface area contributed by atoms with E-state index in [1.807, 2.05) is 63.2 Å². The lowest BCUT2D eigenvalue weighted by Crippen LogP contribution is -2.36. The second kappa shape index (κ2) is 8.12. The molecule has 1 heterocycles. The lowest BCUT2D eigenvalue weighted by molar-refractivity contribution is 0.0726. The summed E-state index contributed by atoms with van der Waals surface area (Å²) in [4.78, 5) is 32.0. The molecule has 2 rings (SSSR count). The average Bonchev–Trinajstić information content (AvgIpc) is 2.86. The second-order valence-electron chi connectivity index (χ2n) is 6.70. The fourth-order valence-electron chi connectivity index (χ4n) is 3.03. The Bertz CT molecular complexity index is 748. The molecule has 25 heavy (non-hydrogen) atoms. The first-order chi connectivity index (χ1) is 11.8. The Morgan fingerprint density at radius 3 is 2.20 bits per heavy atom. The minimum absolute atomic E-state index is 0.0202. The average molecular weight is 341 g/mol. The second-order valence-corrected chi connectivity index (χ2v) is 6.70. The molecule has 0 saturated carbocycles. The summed E-state index contributed by atoms with van der Waals surface area (Å²) in [6, 6.07) is 9.95. The predicted octanol–water partition coefficient (Wildman–Crippen LogP) is 3.04. The van der Waals surface area contributed by atoms with E-state index in [2.05, 4.69) is 9.88 Å². The van der Waals surface area contributed by atoms with Crippen molar-refractivity contribution in [2.24, 2.45) is 0 Å². The van der Waals surface area contributed by atoms with Crippen LogP contribution in [0.2, 0.25) is 0 Å². The molecule has 0 aliphatic heterocycles. The minimum Gasteiger partial charge on any atom is -0.354 e. The number of nitrogens with one attached hydrogen (secondary N) is 1. The van der Waals surface area contributed by atoms with E-state index in [4.69, 9.17) is 0 Å². The van der Waals surface area contributed by atoms with Gasteiger partial charge in [-0.05, 0) is 46.0 Å². The molecule has 0 radical (unpaired) electrons. The molecule has 5 heteroatoms. The smallest absolute Gasteiger partial charge is 0.270 e. The number of rotatable bonds is 7. The Hall–Kier alpha value is -2.40. The summed E-state index contributed by atoms with van der Waals surface area (Å²) < 4.78 is 0. The highest BCUT2D eigenvalue weighted by Gasteiger charge is 2.24. The van der Waals surface area contributed by atoms with Gasteiger partial charge in [0.15, 0.2) is 5.78 Å². The van der Waals surface area contributed by atoms with Crippen LogP contribution < -0.4 is 0 Å². The summed E-state index contributed by atoms with van der Waals surface area (Å²) in [7, 11) is 3.98. The van der Waals surface area contributed by atoms with E-state index in [0.717, 1.165) is 23.4 Å². The Labute approximate surface area is 149 Å². The number of carbonyl (C=O) groups is 2. The number of benzene rings is 1. The molecule has 5 nitrogen and oxygen atoms in total. The SMILES string of the molecule is CC(=O)c1c(C)[nH]c(C(=O)N(CCN(C)C)Cc2ccccc2)c1C. The number of likely N-dealkylation sites (N-methyl/N-ethyl adjacent to an activating group) is 1. The van der Waals surface area contributed by atoms with Crippen LogP contribution >= 0.6 is 0 Å². The van der Waals surface area contributed by atoms with Crippen LogP contribution in [0.25, 0.3) is 0 Å². The number of aromatic amines is 1. The molecule has 0 aliphatic carbocycles. The van der Waals surface area contributed by atoms with Gasteiger partial charge in [0.05, 0.1) is 0 Å². The first kappa shape index (κ1) is 18.9. The largest absolute Gasteiger partial charge is 0.354 e. The van der Waals surface area contributed by atoms with Crippen molar-refractivity contribution in [3.05, 3.63) is 58.4 Å². The van der Waals surface area contributed by atoms with Crippen LogP contribution in [0.15, 0.2) is 30.3 Å². The van der Waals surface area contributed by atoms with E-state index in [9.17, 15) is 9.59 Å². The van der Waals surface area contributed by atoms with Crippen molar-refractivity contribution in [2.75, 3.05) is 27.2 Å². The van der Waals surface area contributed by atoms with Crippen molar-refractivity contribution in [1.82, 2.24) is 14.8 Å². The first-order valence-corrected chi connectivity index (χ1v) is 8.49. The van der Waals surface area contributed by atoms with Gasteiger partial charge in [-0.3, -0.25) is 9.59 Å². The summed E-state index contributed by atoms with van der Waals surface area (Å²) in [5, 5.41) is 0. The molecule has 0 atom stereocenters. The summed E-state index contributed by atoms with van der Waals surface area (Å²) in [6.45, 7) is 7.14. The lowest BCUT2D eigenvalue weighted by Gasteiger charge is -2.24. The third-order valence-corrected chi connectivity index (χ3v) is 4.32. The van der Waals surface area contributed by atoms with Gasteiger partial charge in [0.25, 0.3) is 5.91 Å². The van der Waals surface area contributed by atoms with E-state index in [1.165, 1.54) is 6.92 Å². The van der Waals surface area contributed by atoms with Crippen molar-refractivity contribution >= 4 is 11.7 Å². The molecule has 0 saturated heterocycles. The van der Waals surface area contributed by atoms with Crippen molar-refractivity contribution < 1.29 is 9.59 Å². The Morgan fingerprint density at radius 2 is 1.68 bits per heavy atom. The number of amides is 1. The van der Waals surface area contributed by atoms with Gasteiger partial charge in [-0.15, -0.1) is 0 Å². The van der Waals surface area contributed by atoms with Gasteiger partial charge in [0, 0.05) is 30.9 Å². The number of aryl methyl sites for hydroxylation is 1. The molecular weight excluding hydrogens is 314 g/mol. The minimum atomic E-state index is -0.0706.